The average Bonchev–Trinajstić information content (AvgIpc) is 3.41. The van der Waals surface area contributed by atoms with Gasteiger partial charge in [-0.05, 0) is 29.5 Å². The molecule has 2 atom stereocenters. The number of benzene rings is 1. The number of halogens is 3. The van der Waals surface area contributed by atoms with Gasteiger partial charge in [-0.15, -0.1) is 0 Å². The molecule has 1 aromatic heterocycles. The number of alkyl halides is 3. The molecule has 0 aliphatic carbocycles. The molecule has 0 saturated carbocycles. The Balaban J connectivity index is 1.32. The number of amides is 2. The second kappa shape index (κ2) is 7.99. The first-order valence-corrected chi connectivity index (χ1v) is 10.1. The Morgan fingerprint density at radius 3 is 2.26 bits per heavy atom. The molecular formula is C21H24F3N5O2. The van der Waals surface area contributed by atoms with E-state index in [0.29, 0.717) is 37.2 Å². The lowest BCUT2D eigenvalue weighted by Crippen LogP contribution is -2.36. The van der Waals surface area contributed by atoms with Crippen LogP contribution in [0.4, 0.5) is 23.7 Å². The molecule has 2 amide bonds. The summed E-state index contributed by atoms with van der Waals surface area (Å²) in [7, 11) is 1.62. The van der Waals surface area contributed by atoms with E-state index in [2.05, 4.69) is 10.00 Å². The van der Waals surface area contributed by atoms with Crippen LogP contribution in [0.1, 0.15) is 18.1 Å². The third kappa shape index (κ3) is 4.43. The van der Waals surface area contributed by atoms with E-state index in [4.69, 9.17) is 0 Å². The second-order valence-corrected chi connectivity index (χ2v) is 8.32. The molecule has 7 nitrogen and oxygen atoms in total. The number of rotatable bonds is 3. The van der Waals surface area contributed by atoms with Gasteiger partial charge in [0.05, 0.1) is 23.6 Å². The highest BCUT2D eigenvalue weighted by Crippen LogP contribution is 2.33. The van der Waals surface area contributed by atoms with Gasteiger partial charge in [-0.25, -0.2) is 4.79 Å². The first-order chi connectivity index (χ1) is 14.6. The third-order valence-electron chi connectivity index (χ3n) is 6.14. The van der Waals surface area contributed by atoms with E-state index in [1.807, 2.05) is 0 Å². The van der Waals surface area contributed by atoms with Crippen LogP contribution in [-0.4, -0.2) is 64.7 Å². The zero-order valence-corrected chi connectivity index (χ0v) is 17.3. The fourth-order valence-corrected chi connectivity index (χ4v) is 4.35. The lowest BCUT2D eigenvalue weighted by molar-refractivity contribution is -0.137. The van der Waals surface area contributed by atoms with Gasteiger partial charge in [0.15, 0.2) is 0 Å². The maximum Gasteiger partial charge on any atom is 0.416 e. The number of anilines is 1. The number of aromatic nitrogens is 2. The standard InChI is InChI=1S/C21H24F3N5O2/c1-14(30)26(2)19-7-25-29(13-19)20(31)28-11-16-9-27(10-17(16)12-28)8-15-3-5-18(6-4-15)21(22,23)24/h3-7,13,16-17H,8-12H2,1-2H3. The molecule has 3 heterocycles. The number of nitrogens with zero attached hydrogens (tertiary/aromatic N) is 5. The van der Waals surface area contributed by atoms with Crippen LogP contribution in [-0.2, 0) is 17.5 Å². The molecule has 2 aromatic rings. The van der Waals surface area contributed by atoms with Crippen molar-refractivity contribution in [2.24, 2.45) is 11.8 Å². The molecule has 2 aliphatic rings. The Morgan fingerprint density at radius 1 is 1.10 bits per heavy atom. The number of carbonyl (C=O) groups is 2. The van der Waals surface area contributed by atoms with Crippen LogP contribution in [0.25, 0.3) is 0 Å². The van der Waals surface area contributed by atoms with Crippen molar-refractivity contribution in [2.45, 2.75) is 19.6 Å². The van der Waals surface area contributed by atoms with Crippen molar-refractivity contribution >= 4 is 17.6 Å². The van der Waals surface area contributed by atoms with Crippen LogP contribution in [0.2, 0.25) is 0 Å². The minimum Gasteiger partial charge on any atom is -0.322 e. The highest BCUT2D eigenvalue weighted by Gasteiger charge is 2.42. The van der Waals surface area contributed by atoms with Gasteiger partial charge in [0.1, 0.15) is 0 Å². The van der Waals surface area contributed by atoms with Crippen LogP contribution < -0.4 is 4.90 Å². The zero-order valence-electron chi connectivity index (χ0n) is 17.3. The van der Waals surface area contributed by atoms with Crippen molar-refractivity contribution in [1.29, 1.82) is 0 Å². The summed E-state index contributed by atoms with van der Waals surface area (Å²) in [5, 5.41) is 4.09. The molecule has 2 unspecified atom stereocenters. The van der Waals surface area contributed by atoms with E-state index in [-0.39, 0.29) is 11.9 Å². The molecule has 2 aliphatic heterocycles. The maximum absolute atomic E-state index is 12.8. The fourth-order valence-electron chi connectivity index (χ4n) is 4.35. The SMILES string of the molecule is CC(=O)N(C)c1cnn(C(=O)N2CC3CN(Cc4ccc(C(F)(F)F)cc4)CC3C2)c1. The minimum absolute atomic E-state index is 0.143. The summed E-state index contributed by atoms with van der Waals surface area (Å²) >= 11 is 0. The molecule has 31 heavy (non-hydrogen) atoms. The number of likely N-dealkylation sites (tertiary alicyclic amines) is 2. The Labute approximate surface area is 178 Å². The van der Waals surface area contributed by atoms with Crippen LogP contribution >= 0.6 is 0 Å². The van der Waals surface area contributed by atoms with Crippen molar-refractivity contribution in [3.05, 3.63) is 47.8 Å². The Hall–Kier alpha value is -2.88. The summed E-state index contributed by atoms with van der Waals surface area (Å²) in [4.78, 5) is 29.7. The Morgan fingerprint density at radius 2 is 1.71 bits per heavy atom. The molecule has 2 fully saturated rings. The molecule has 0 bridgehead atoms. The summed E-state index contributed by atoms with van der Waals surface area (Å²) in [6, 6.07) is 5.08. The highest BCUT2D eigenvalue weighted by atomic mass is 19.4. The maximum atomic E-state index is 12.8. The van der Waals surface area contributed by atoms with Crippen molar-refractivity contribution in [3.63, 3.8) is 0 Å². The molecule has 0 radical (unpaired) electrons. The molecule has 1 aromatic carbocycles. The zero-order chi connectivity index (χ0) is 22.3. The fraction of sp³-hybridized carbons (Fsp3) is 0.476. The normalized spacial score (nSPS) is 21.4. The van der Waals surface area contributed by atoms with E-state index < -0.39 is 11.7 Å². The van der Waals surface area contributed by atoms with Gasteiger partial charge in [0.25, 0.3) is 0 Å². The van der Waals surface area contributed by atoms with Crippen LogP contribution in [0.15, 0.2) is 36.7 Å². The van der Waals surface area contributed by atoms with Crippen molar-refractivity contribution in [2.75, 3.05) is 38.1 Å². The lowest BCUT2D eigenvalue weighted by Gasteiger charge is -2.21. The quantitative estimate of drug-likeness (QED) is 0.744. The van der Waals surface area contributed by atoms with Crippen LogP contribution in [0.5, 0.6) is 0 Å². The van der Waals surface area contributed by atoms with Crippen molar-refractivity contribution < 1.29 is 22.8 Å². The summed E-state index contributed by atoms with van der Waals surface area (Å²) < 4.78 is 39.4. The molecule has 166 valence electrons. The molecule has 10 heteroatoms. The van der Waals surface area contributed by atoms with Crippen molar-refractivity contribution in [1.82, 2.24) is 19.6 Å². The second-order valence-electron chi connectivity index (χ2n) is 8.32. The van der Waals surface area contributed by atoms with Crippen LogP contribution in [0.3, 0.4) is 0 Å². The lowest BCUT2D eigenvalue weighted by atomic mass is 10.0. The largest absolute Gasteiger partial charge is 0.416 e. The minimum atomic E-state index is -4.32. The van der Waals surface area contributed by atoms with E-state index >= 15 is 0 Å². The molecule has 4 rings (SSSR count). The van der Waals surface area contributed by atoms with Gasteiger partial charge in [0.2, 0.25) is 5.91 Å². The van der Waals surface area contributed by atoms with E-state index in [1.165, 1.54) is 34.8 Å². The Kier molecular flexibility index (Phi) is 5.50. The highest BCUT2D eigenvalue weighted by molar-refractivity contribution is 5.91. The van der Waals surface area contributed by atoms with E-state index in [1.54, 1.807) is 18.1 Å². The summed E-state index contributed by atoms with van der Waals surface area (Å²) in [6.45, 7) is 4.87. The van der Waals surface area contributed by atoms with E-state index in [9.17, 15) is 22.8 Å². The smallest absolute Gasteiger partial charge is 0.322 e. The number of hydrogen-bond acceptors (Lipinski definition) is 4. The van der Waals surface area contributed by atoms with Gasteiger partial charge >= 0.3 is 12.2 Å². The number of hydrogen-bond donors (Lipinski definition) is 0. The topological polar surface area (TPSA) is 61.7 Å². The third-order valence-corrected chi connectivity index (χ3v) is 6.14. The summed E-state index contributed by atoms with van der Waals surface area (Å²) in [5.74, 6) is 0.512. The number of fused-ring (bicyclic) bond motifs is 1. The van der Waals surface area contributed by atoms with Gasteiger partial charge in [-0.3, -0.25) is 9.69 Å². The summed E-state index contributed by atoms with van der Waals surface area (Å²) in [6.07, 6.45) is -1.28. The van der Waals surface area contributed by atoms with E-state index in [0.717, 1.165) is 30.8 Å². The molecule has 2 saturated heterocycles. The average molecular weight is 435 g/mol. The van der Waals surface area contributed by atoms with Crippen LogP contribution in [0, 0.1) is 11.8 Å². The van der Waals surface area contributed by atoms with Gasteiger partial charge in [-0.2, -0.15) is 23.0 Å². The first kappa shape index (κ1) is 21.4. The predicted molar refractivity (Wildman–Crippen MR) is 107 cm³/mol. The summed E-state index contributed by atoms with van der Waals surface area (Å²) in [5.41, 5.74) is 0.766. The molecule has 0 N–H and O–H groups in total. The molecule has 0 spiro atoms. The van der Waals surface area contributed by atoms with Gasteiger partial charge in [0, 0.05) is 46.7 Å². The van der Waals surface area contributed by atoms with Gasteiger partial charge < -0.3 is 9.80 Å². The monoisotopic (exact) mass is 435 g/mol. The first-order valence-electron chi connectivity index (χ1n) is 10.1. The molecular weight excluding hydrogens is 411 g/mol. The van der Waals surface area contributed by atoms with Crippen molar-refractivity contribution in [3.8, 4) is 0 Å². The number of carbonyl (C=O) groups excluding carboxylic acids is 2. The Bertz CT molecular complexity index is 958. The van der Waals surface area contributed by atoms with Gasteiger partial charge in [-0.1, -0.05) is 12.1 Å². The predicted octanol–water partition coefficient (Wildman–Crippen LogP) is 2.92.